The van der Waals surface area contributed by atoms with Crippen molar-refractivity contribution in [2.75, 3.05) is 24.7 Å². The van der Waals surface area contributed by atoms with Crippen LogP contribution in [0.25, 0.3) is 11.2 Å². The van der Waals surface area contributed by atoms with E-state index in [-0.39, 0.29) is 18.1 Å². The lowest BCUT2D eigenvalue weighted by molar-refractivity contribution is -0.0567. The fourth-order valence-electron chi connectivity index (χ4n) is 4.66. The average molecular weight is 634 g/mol. The van der Waals surface area contributed by atoms with Crippen LogP contribution >= 0.6 is 15.6 Å². The SMILES string of the molecule is C[C@@H]1[C@@H](COP(=O)(O)OC2CC(n3ccc(N)nc3=O)O[C@@H]2COP(=O)(O)O)OC(n2cnc3c(N)ncnc32)[C@@H]1O. The van der Waals surface area contributed by atoms with Crippen LogP contribution in [0.5, 0.6) is 0 Å². The van der Waals surface area contributed by atoms with Crippen molar-refractivity contribution >= 4 is 38.4 Å². The van der Waals surface area contributed by atoms with Gasteiger partial charge >= 0.3 is 21.3 Å². The zero-order valence-electron chi connectivity index (χ0n) is 21.8. The van der Waals surface area contributed by atoms with Crippen molar-refractivity contribution < 1.29 is 52.0 Å². The van der Waals surface area contributed by atoms with E-state index in [1.165, 1.54) is 29.5 Å². The summed E-state index contributed by atoms with van der Waals surface area (Å²) in [5.41, 5.74) is 11.2. The first-order valence-corrected chi connectivity index (χ1v) is 15.4. The standard InChI is InChI=1S/C20H28N8O12P2/c1-9-11(39-19(16(9)29)28-8-25-15-17(22)23-7-24-18(15)28)5-37-42(34,35)40-10-4-14(27-3-2-13(21)26-20(27)30)38-12(10)6-36-41(31,32)33/h2-3,7-12,14,16,19,29H,4-6H2,1H3,(H,34,35)(H2,21,26,30)(H2,22,23,24)(H2,31,32,33)/t9-,10?,11-,12-,14?,16-,19?/m1/s1. The lowest BCUT2D eigenvalue weighted by Gasteiger charge is -2.23. The largest absolute Gasteiger partial charge is 0.472 e. The molecule has 0 saturated carbocycles. The molecular formula is C20H28N8O12P2. The molecule has 0 amide bonds. The third kappa shape index (κ3) is 6.53. The average Bonchev–Trinajstić information content (AvgIpc) is 3.58. The van der Waals surface area contributed by atoms with Crippen molar-refractivity contribution in [1.82, 2.24) is 29.1 Å². The summed E-state index contributed by atoms with van der Waals surface area (Å²) in [5, 5.41) is 10.8. The first-order valence-electron chi connectivity index (χ1n) is 12.3. The topological polar surface area (TPSA) is 292 Å². The van der Waals surface area contributed by atoms with Crippen molar-refractivity contribution in [2.45, 2.75) is 50.2 Å². The number of anilines is 2. The van der Waals surface area contributed by atoms with Crippen molar-refractivity contribution in [3.05, 3.63) is 35.4 Å². The number of nitrogens with zero attached hydrogens (tertiary/aromatic N) is 6. The minimum atomic E-state index is -4.95. The van der Waals surface area contributed by atoms with Gasteiger partial charge in [0.25, 0.3) is 0 Å². The number of nitrogens with two attached hydrogens (primary N) is 2. The second-order valence-corrected chi connectivity index (χ2v) is 12.2. The van der Waals surface area contributed by atoms with Crippen molar-refractivity contribution in [3.63, 3.8) is 0 Å². The highest BCUT2D eigenvalue weighted by Crippen LogP contribution is 2.50. The van der Waals surface area contributed by atoms with Crippen molar-refractivity contribution in [3.8, 4) is 0 Å². The summed E-state index contributed by atoms with van der Waals surface area (Å²) in [6.45, 7) is 0.411. The number of aliphatic hydroxyl groups is 1. The molecule has 0 spiro atoms. The van der Waals surface area contributed by atoms with Crippen LogP contribution in [-0.4, -0.2) is 86.5 Å². The van der Waals surface area contributed by atoms with Crippen molar-refractivity contribution in [1.29, 1.82) is 0 Å². The van der Waals surface area contributed by atoms with E-state index in [9.17, 15) is 23.9 Å². The Labute approximate surface area is 236 Å². The number of nitrogen functional groups attached to an aromatic ring is 2. The molecule has 4 unspecified atom stereocenters. The van der Waals surface area contributed by atoms with Crippen LogP contribution in [0, 0.1) is 5.92 Å². The molecule has 3 aromatic rings. The zero-order chi connectivity index (χ0) is 30.4. The van der Waals surface area contributed by atoms with Crippen LogP contribution in [0.2, 0.25) is 0 Å². The van der Waals surface area contributed by atoms with Crippen LogP contribution in [-0.2, 0) is 32.2 Å². The number of fused-ring (bicyclic) bond motifs is 1. The van der Waals surface area contributed by atoms with Crippen LogP contribution in [0.4, 0.5) is 11.6 Å². The Balaban J connectivity index is 1.26. The molecule has 22 heteroatoms. The maximum atomic E-state index is 12.9. The van der Waals surface area contributed by atoms with Crippen LogP contribution in [0.1, 0.15) is 25.8 Å². The molecule has 2 fully saturated rings. The van der Waals surface area contributed by atoms with Crippen LogP contribution in [0.15, 0.2) is 29.7 Å². The van der Waals surface area contributed by atoms with Gasteiger partial charge < -0.3 is 40.7 Å². The molecule has 8 atom stereocenters. The third-order valence-corrected chi connectivity index (χ3v) is 8.31. The summed E-state index contributed by atoms with van der Waals surface area (Å²) in [6.07, 6.45) is -2.99. The number of rotatable bonds is 10. The quantitative estimate of drug-likeness (QED) is 0.146. The Bertz CT molecular complexity index is 1600. The molecule has 0 radical (unpaired) electrons. The van der Waals surface area contributed by atoms with Gasteiger partial charge in [0.05, 0.1) is 25.6 Å². The molecule has 5 rings (SSSR count). The fraction of sp³-hybridized carbons (Fsp3) is 0.550. The number of hydrogen-bond donors (Lipinski definition) is 6. The van der Waals surface area contributed by atoms with E-state index in [0.717, 1.165) is 4.57 Å². The minimum absolute atomic E-state index is 0.0500. The molecule has 5 heterocycles. The van der Waals surface area contributed by atoms with Gasteiger partial charge in [-0.05, 0) is 6.07 Å². The Hall–Kier alpha value is -2.87. The smallest absolute Gasteiger partial charge is 0.388 e. The lowest BCUT2D eigenvalue weighted by Crippen LogP contribution is -2.29. The summed E-state index contributed by atoms with van der Waals surface area (Å²) in [6, 6.07) is 1.32. The van der Waals surface area contributed by atoms with E-state index >= 15 is 0 Å². The fourth-order valence-corrected chi connectivity index (χ4v) is 5.96. The third-order valence-electron chi connectivity index (χ3n) is 6.81. The Kier molecular flexibility index (Phi) is 8.49. The number of aromatic nitrogens is 6. The van der Waals surface area contributed by atoms with E-state index in [2.05, 4.69) is 24.5 Å². The summed E-state index contributed by atoms with van der Waals surface area (Å²) in [7, 11) is -9.82. The lowest BCUT2D eigenvalue weighted by atomic mass is 10.0. The van der Waals surface area contributed by atoms with E-state index in [0.29, 0.717) is 11.2 Å². The number of phosphoric acid groups is 2. The molecular weight excluding hydrogens is 606 g/mol. The normalized spacial score (nSPS) is 29.7. The van der Waals surface area contributed by atoms with E-state index in [1.807, 2.05) is 0 Å². The molecule has 42 heavy (non-hydrogen) atoms. The van der Waals surface area contributed by atoms with Gasteiger partial charge in [0.1, 0.15) is 42.2 Å². The molecule has 230 valence electrons. The minimum Gasteiger partial charge on any atom is -0.388 e. The van der Waals surface area contributed by atoms with Gasteiger partial charge in [0.15, 0.2) is 17.7 Å². The summed E-state index contributed by atoms with van der Waals surface area (Å²) >= 11 is 0. The van der Waals surface area contributed by atoms with Gasteiger partial charge in [-0.25, -0.2) is 28.9 Å². The molecule has 0 aliphatic carbocycles. The second kappa shape index (κ2) is 11.7. The van der Waals surface area contributed by atoms with Gasteiger partial charge in [-0.3, -0.25) is 22.7 Å². The maximum Gasteiger partial charge on any atom is 0.472 e. The number of imidazole rings is 1. The summed E-state index contributed by atoms with van der Waals surface area (Å²) in [4.78, 5) is 56.7. The number of phosphoric ester groups is 2. The number of ether oxygens (including phenoxy) is 2. The Morgan fingerprint density at radius 3 is 2.52 bits per heavy atom. The number of hydrogen-bond acceptors (Lipinski definition) is 15. The summed E-state index contributed by atoms with van der Waals surface area (Å²) in [5.74, 6) is -0.496. The molecule has 2 aliphatic heterocycles. The van der Waals surface area contributed by atoms with Crippen LogP contribution in [0.3, 0.4) is 0 Å². The molecule has 3 aromatic heterocycles. The maximum absolute atomic E-state index is 12.9. The second-order valence-electron chi connectivity index (χ2n) is 9.60. The van der Waals surface area contributed by atoms with E-state index in [1.54, 1.807) is 6.92 Å². The van der Waals surface area contributed by atoms with Crippen LogP contribution < -0.4 is 17.2 Å². The van der Waals surface area contributed by atoms with E-state index < -0.39 is 77.3 Å². The molecule has 20 nitrogen and oxygen atoms in total. The number of aliphatic hydroxyl groups excluding tert-OH is 1. The molecule has 0 bridgehead atoms. The Morgan fingerprint density at radius 2 is 1.81 bits per heavy atom. The molecule has 2 saturated heterocycles. The zero-order valence-corrected chi connectivity index (χ0v) is 23.5. The van der Waals surface area contributed by atoms with E-state index in [4.69, 9.17) is 39.8 Å². The van der Waals surface area contributed by atoms with Gasteiger partial charge in [-0.1, -0.05) is 6.92 Å². The molecule has 2 aliphatic rings. The molecule has 8 N–H and O–H groups in total. The predicted molar refractivity (Wildman–Crippen MR) is 139 cm³/mol. The van der Waals surface area contributed by atoms with Gasteiger partial charge in [-0.15, -0.1) is 0 Å². The van der Waals surface area contributed by atoms with Crippen molar-refractivity contribution in [2.24, 2.45) is 5.92 Å². The monoisotopic (exact) mass is 634 g/mol. The Morgan fingerprint density at radius 1 is 1.07 bits per heavy atom. The molecule has 0 aromatic carbocycles. The predicted octanol–water partition coefficient (Wildman–Crippen LogP) is -0.959. The van der Waals surface area contributed by atoms with Gasteiger partial charge in [0.2, 0.25) is 0 Å². The summed E-state index contributed by atoms with van der Waals surface area (Å²) < 4.78 is 53.2. The van der Waals surface area contributed by atoms with Gasteiger partial charge in [0, 0.05) is 18.5 Å². The highest BCUT2D eigenvalue weighted by atomic mass is 31.2. The first kappa shape index (κ1) is 30.6. The van der Waals surface area contributed by atoms with Gasteiger partial charge in [-0.2, -0.15) is 4.98 Å². The first-order chi connectivity index (χ1) is 19.7. The highest BCUT2D eigenvalue weighted by Gasteiger charge is 2.46. The highest BCUT2D eigenvalue weighted by molar-refractivity contribution is 7.47.